The van der Waals surface area contributed by atoms with E-state index in [-0.39, 0.29) is 30.9 Å². The average Bonchev–Trinajstić information content (AvgIpc) is 2.82. The molecule has 0 spiro atoms. The largest absolute Gasteiger partial charge is 0.493 e. The Morgan fingerprint density at radius 1 is 0.971 bits per heavy atom. The smallest absolute Gasteiger partial charge is 0.242 e. The van der Waals surface area contributed by atoms with Crippen molar-refractivity contribution in [3.63, 3.8) is 0 Å². The van der Waals surface area contributed by atoms with Crippen molar-refractivity contribution in [3.8, 4) is 11.5 Å². The SMILES string of the molecule is COc1ccc(CC(=O)N(Cc2ccc(Cl)cc2)[C@@H](C)C(=O)NCCCOC(C)C)cc1OC. The van der Waals surface area contributed by atoms with Crippen LogP contribution >= 0.6 is 11.6 Å². The van der Waals surface area contributed by atoms with Gasteiger partial charge in [0.1, 0.15) is 6.04 Å². The summed E-state index contributed by atoms with van der Waals surface area (Å²) in [5.41, 5.74) is 1.65. The van der Waals surface area contributed by atoms with Crippen LogP contribution in [0.2, 0.25) is 5.02 Å². The number of hydrogen-bond donors (Lipinski definition) is 1. The number of nitrogens with one attached hydrogen (secondary N) is 1. The normalized spacial score (nSPS) is 11.7. The lowest BCUT2D eigenvalue weighted by Gasteiger charge is -2.29. The molecule has 0 aliphatic heterocycles. The summed E-state index contributed by atoms with van der Waals surface area (Å²) in [5, 5.41) is 3.53. The second-order valence-electron chi connectivity index (χ2n) is 8.25. The number of amides is 2. The Bertz CT molecular complexity index is 933. The number of carbonyl (C=O) groups excluding carboxylic acids is 2. The van der Waals surface area contributed by atoms with Gasteiger partial charge in [-0.3, -0.25) is 9.59 Å². The standard InChI is InChI=1S/C26H35ClN2O5/c1-18(2)34-14-6-13-28-26(31)19(3)29(17-20-7-10-22(27)11-8-20)25(30)16-21-9-12-23(32-4)24(15-21)33-5/h7-12,15,18-19H,6,13-14,16-17H2,1-5H3,(H,28,31)/t19-/m0/s1. The molecule has 2 aromatic rings. The third-order valence-corrected chi connectivity index (χ3v) is 5.56. The first-order valence-corrected chi connectivity index (χ1v) is 11.8. The molecule has 8 heteroatoms. The van der Waals surface area contributed by atoms with Crippen LogP contribution in [0.3, 0.4) is 0 Å². The van der Waals surface area contributed by atoms with Crippen molar-refractivity contribution in [1.82, 2.24) is 10.2 Å². The summed E-state index contributed by atoms with van der Waals surface area (Å²) in [5.74, 6) is 0.754. The van der Waals surface area contributed by atoms with Crippen LogP contribution in [0.25, 0.3) is 0 Å². The van der Waals surface area contributed by atoms with Gasteiger partial charge in [-0.05, 0) is 62.6 Å². The molecule has 0 heterocycles. The number of methoxy groups -OCH3 is 2. The minimum Gasteiger partial charge on any atom is -0.493 e. The van der Waals surface area contributed by atoms with E-state index in [1.807, 2.05) is 32.0 Å². The summed E-state index contributed by atoms with van der Waals surface area (Å²) in [7, 11) is 3.11. The van der Waals surface area contributed by atoms with Crippen LogP contribution in [-0.4, -0.2) is 56.2 Å². The van der Waals surface area contributed by atoms with E-state index < -0.39 is 6.04 Å². The lowest BCUT2D eigenvalue weighted by Crippen LogP contribution is -2.48. The van der Waals surface area contributed by atoms with Crippen LogP contribution in [0.15, 0.2) is 42.5 Å². The number of nitrogens with zero attached hydrogens (tertiary/aromatic N) is 1. The monoisotopic (exact) mass is 490 g/mol. The molecular weight excluding hydrogens is 456 g/mol. The summed E-state index contributed by atoms with van der Waals surface area (Å²) in [4.78, 5) is 27.8. The quantitative estimate of drug-likeness (QED) is 0.425. The number of hydrogen-bond acceptors (Lipinski definition) is 5. The first-order valence-electron chi connectivity index (χ1n) is 11.4. The van der Waals surface area contributed by atoms with E-state index in [2.05, 4.69) is 5.32 Å². The molecule has 0 aliphatic rings. The highest BCUT2D eigenvalue weighted by Crippen LogP contribution is 2.28. The molecule has 0 fully saturated rings. The van der Waals surface area contributed by atoms with E-state index in [0.29, 0.717) is 36.1 Å². The van der Waals surface area contributed by atoms with Gasteiger partial charge in [-0.2, -0.15) is 0 Å². The van der Waals surface area contributed by atoms with Gasteiger partial charge >= 0.3 is 0 Å². The molecule has 0 saturated heterocycles. The van der Waals surface area contributed by atoms with Gasteiger partial charge in [-0.1, -0.05) is 29.8 Å². The van der Waals surface area contributed by atoms with Gasteiger partial charge in [0, 0.05) is 24.7 Å². The molecule has 2 amide bonds. The first-order chi connectivity index (χ1) is 16.2. The summed E-state index contributed by atoms with van der Waals surface area (Å²) in [6.45, 7) is 7.02. The van der Waals surface area contributed by atoms with E-state index in [0.717, 1.165) is 11.1 Å². The summed E-state index contributed by atoms with van der Waals surface area (Å²) in [6.07, 6.45) is 0.972. The first kappa shape index (κ1) is 27.5. The molecule has 2 rings (SSSR count). The molecule has 7 nitrogen and oxygen atoms in total. The molecule has 1 N–H and O–H groups in total. The molecule has 186 valence electrons. The molecule has 0 aromatic heterocycles. The van der Waals surface area contributed by atoms with Crippen molar-refractivity contribution in [2.75, 3.05) is 27.4 Å². The Balaban J connectivity index is 2.13. The Hall–Kier alpha value is -2.77. The van der Waals surface area contributed by atoms with Crippen molar-refractivity contribution in [2.24, 2.45) is 0 Å². The van der Waals surface area contributed by atoms with Gasteiger partial charge in [0.2, 0.25) is 11.8 Å². The molecular formula is C26H35ClN2O5. The van der Waals surface area contributed by atoms with Crippen molar-refractivity contribution in [1.29, 1.82) is 0 Å². The summed E-state index contributed by atoms with van der Waals surface area (Å²) < 4.78 is 16.1. The van der Waals surface area contributed by atoms with Gasteiger partial charge in [-0.15, -0.1) is 0 Å². The molecule has 34 heavy (non-hydrogen) atoms. The maximum Gasteiger partial charge on any atom is 0.242 e. The highest BCUT2D eigenvalue weighted by molar-refractivity contribution is 6.30. The van der Waals surface area contributed by atoms with Crippen LogP contribution in [0, 0.1) is 0 Å². The van der Waals surface area contributed by atoms with Crippen LogP contribution < -0.4 is 14.8 Å². The highest BCUT2D eigenvalue weighted by Gasteiger charge is 2.26. The fourth-order valence-corrected chi connectivity index (χ4v) is 3.51. The second kappa shape index (κ2) is 13.8. The Morgan fingerprint density at radius 2 is 1.62 bits per heavy atom. The van der Waals surface area contributed by atoms with Crippen LogP contribution in [-0.2, 0) is 27.3 Å². The van der Waals surface area contributed by atoms with E-state index in [9.17, 15) is 9.59 Å². The van der Waals surface area contributed by atoms with Gasteiger partial charge in [-0.25, -0.2) is 0 Å². The van der Waals surface area contributed by atoms with E-state index in [1.54, 1.807) is 50.3 Å². The highest BCUT2D eigenvalue weighted by atomic mass is 35.5. The third-order valence-electron chi connectivity index (χ3n) is 5.31. The Morgan fingerprint density at radius 3 is 2.24 bits per heavy atom. The predicted molar refractivity (Wildman–Crippen MR) is 133 cm³/mol. The van der Waals surface area contributed by atoms with Crippen molar-refractivity contribution < 1.29 is 23.8 Å². The zero-order chi connectivity index (χ0) is 25.1. The molecule has 0 saturated carbocycles. The maximum atomic E-state index is 13.4. The van der Waals surface area contributed by atoms with Crippen LogP contribution in [0.4, 0.5) is 0 Å². The molecule has 0 radical (unpaired) electrons. The fourth-order valence-electron chi connectivity index (χ4n) is 3.39. The van der Waals surface area contributed by atoms with Gasteiger partial charge < -0.3 is 24.4 Å². The zero-order valence-electron chi connectivity index (χ0n) is 20.6. The molecule has 0 aliphatic carbocycles. The van der Waals surface area contributed by atoms with Crippen molar-refractivity contribution in [2.45, 2.75) is 52.3 Å². The topological polar surface area (TPSA) is 77.1 Å². The third kappa shape index (κ3) is 8.54. The minimum absolute atomic E-state index is 0.119. The maximum absolute atomic E-state index is 13.4. The summed E-state index contributed by atoms with van der Waals surface area (Å²) >= 11 is 6.01. The van der Waals surface area contributed by atoms with Crippen LogP contribution in [0.1, 0.15) is 38.3 Å². The number of ether oxygens (including phenoxy) is 3. The van der Waals surface area contributed by atoms with Gasteiger partial charge in [0.15, 0.2) is 11.5 Å². The summed E-state index contributed by atoms with van der Waals surface area (Å²) in [6, 6.07) is 11.9. The van der Waals surface area contributed by atoms with Crippen LogP contribution in [0.5, 0.6) is 11.5 Å². The van der Waals surface area contributed by atoms with E-state index in [4.69, 9.17) is 25.8 Å². The zero-order valence-corrected chi connectivity index (χ0v) is 21.4. The molecule has 0 unspecified atom stereocenters. The lowest BCUT2D eigenvalue weighted by molar-refractivity contribution is -0.140. The van der Waals surface area contributed by atoms with Crippen molar-refractivity contribution in [3.05, 3.63) is 58.6 Å². The Labute approximate surface area is 207 Å². The molecule has 0 bridgehead atoms. The van der Waals surface area contributed by atoms with E-state index >= 15 is 0 Å². The second-order valence-corrected chi connectivity index (χ2v) is 8.69. The number of halogens is 1. The van der Waals surface area contributed by atoms with E-state index in [1.165, 1.54) is 0 Å². The number of benzene rings is 2. The Kier molecular flexibility index (Phi) is 11.2. The minimum atomic E-state index is -0.658. The van der Waals surface area contributed by atoms with Crippen molar-refractivity contribution >= 4 is 23.4 Å². The number of carbonyl (C=O) groups is 2. The molecule has 1 atom stereocenters. The predicted octanol–water partition coefficient (Wildman–Crippen LogP) is 4.25. The molecule has 2 aromatic carbocycles. The fraction of sp³-hybridized carbons (Fsp3) is 0.462. The average molecular weight is 491 g/mol. The van der Waals surface area contributed by atoms with Gasteiger partial charge in [0.05, 0.1) is 26.7 Å². The van der Waals surface area contributed by atoms with Gasteiger partial charge in [0.25, 0.3) is 0 Å². The lowest BCUT2D eigenvalue weighted by atomic mass is 10.1. The number of rotatable bonds is 13.